The third kappa shape index (κ3) is 4.38. The van der Waals surface area contributed by atoms with Crippen LogP contribution in [0.3, 0.4) is 0 Å². The summed E-state index contributed by atoms with van der Waals surface area (Å²) in [4.78, 5) is 5.77. The zero-order valence-electron chi connectivity index (χ0n) is 12.6. The van der Waals surface area contributed by atoms with Crippen molar-refractivity contribution >= 4 is 11.3 Å². The summed E-state index contributed by atoms with van der Waals surface area (Å²) in [6.45, 7) is 5.23. The van der Waals surface area contributed by atoms with Gasteiger partial charge in [-0.1, -0.05) is 0 Å². The van der Waals surface area contributed by atoms with Crippen LogP contribution in [0, 0.1) is 6.92 Å². The second-order valence-corrected chi connectivity index (χ2v) is 6.08. The van der Waals surface area contributed by atoms with Crippen molar-refractivity contribution in [3.8, 4) is 0 Å². The van der Waals surface area contributed by atoms with Crippen LogP contribution in [0.1, 0.15) is 40.4 Å². The van der Waals surface area contributed by atoms with Crippen molar-refractivity contribution in [3.05, 3.63) is 39.7 Å². The van der Waals surface area contributed by atoms with Gasteiger partial charge < -0.3 is 19.6 Å². The molecule has 2 unspecified atom stereocenters. The average Bonchev–Trinajstić information content (AvgIpc) is 3.11. The van der Waals surface area contributed by atoms with E-state index in [0.29, 0.717) is 18.9 Å². The Balaban J connectivity index is 1.90. The molecule has 2 heterocycles. The fraction of sp³-hybridized carbons (Fsp3) is 0.533. The number of thiazole rings is 1. The molecule has 0 radical (unpaired) electrons. The Morgan fingerprint density at radius 3 is 3.00 bits per heavy atom. The molecule has 0 spiro atoms. The highest BCUT2D eigenvalue weighted by Gasteiger charge is 2.16. The van der Waals surface area contributed by atoms with Crippen molar-refractivity contribution < 1.29 is 14.3 Å². The van der Waals surface area contributed by atoms with Crippen LogP contribution in [0.2, 0.25) is 0 Å². The van der Waals surface area contributed by atoms with Crippen LogP contribution in [0.25, 0.3) is 0 Å². The van der Waals surface area contributed by atoms with Gasteiger partial charge in [-0.05, 0) is 26.0 Å². The predicted molar refractivity (Wildman–Crippen MR) is 82.5 cm³/mol. The lowest BCUT2D eigenvalue weighted by atomic mass is 10.2. The molecular formula is C15H22N2O3S. The summed E-state index contributed by atoms with van der Waals surface area (Å²) in [5.41, 5.74) is 1.04. The molecule has 0 saturated heterocycles. The molecule has 2 atom stereocenters. The fourth-order valence-electron chi connectivity index (χ4n) is 2.13. The van der Waals surface area contributed by atoms with Crippen molar-refractivity contribution in [2.75, 3.05) is 20.3 Å². The number of hydrogen-bond acceptors (Lipinski definition) is 6. The number of hydrogen-bond donors (Lipinski definition) is 2. The number of rotatable bonds is 8. The zero-order valence-corrected chi connectivity index (χ0v) is 13.4. The molecular weight excluding hydrogens is 288 g/mol. The Hall–Kier alpha value is -1.21. The monoisotopic (exact) mass is 310 g/mol. The Kier molecular flexibility index (Phi) is 5.93. The molecule has 2 aromatic heterocycles. The van der Waals surface area contributed by atoms with Crippen molar-refractivity contribution in [3.63, 3.8) is 0 Å². The van der Waals surface area contributed by atoms with Gasteiger partial charge in [0, 0.05) is 31.0 Å². The largest absolute Gasteiger partial charge is 0.467 e. The number of aliphatic hydroxyl groups is 1. The normalized spacial score (nSPS) is 14.3. The SMILES string of the molecule is COCCc1nc(C)c(C(C)NCC(O)c2ccco2)s1. The highest BCUT2D eigenvalue weighted by molar-refractivity contribution is 7.11. The van der Waals surface area contributed by atoms with E-state index in [4.69, 9.17) is 9.15 Å². The summed E-state index contributed by atoms with van der Waals surface area (Å²) < 4.78 is 10.3. The standard InChI is InChI=1S/C15H22N2O3S/c1-10(16-9-12(18)13-5-4-7-20-13)15-11(2)17-14(21-15)6-8-19-3/h4-5,7,10,12,16,18H,6,8-9H2,1-3H3. The summed E-state index contributed by atoms with van der Waals surface area (Å²) in [5, 5.41) is 14.4. The van der Waals surface area contributed by atoms with Crippen LogP contribution in [0.4, 0.5) is 0 Å². The molecule has 2 rings (SSSR count). The van der Waals surface area contributed by atoms with Gasteiger partial charge in [-0.3, -0.25) is 0 Å². The number of aryl methyl sites for hydroxylation is 1. The molecule has 0 amide bonds. The molecule has 21 heavy (non-hydrogen) atoms. The first kappa shape index (κ1) is 16.2. The summed E-state index contributed by atoms with van der Waals surface area (Å²) >= 11 is 1.70. The van der Waals surface area contributed by atoms with Crippen LogP contribution in [0.15, 0.2) is 22.8 Å². The average molecular weight is 310 g/mol. The van der Waals surface area contributed by atoms with Crippen LogP contribution in [-0.4, -0.2) is 30.4 Å². The summed E-state index contributed by atoms with van der Waals surface area (Å²) in [6.07, 6.45) is 1.77. The molecule has 116 valence electrons. The maximum atomic E-state index is 10.0. The van der Waals surface area contributed by atoms with Crippen molar-refractivity contribution in [2.24, 2.45) is 0 Å². The van der Waals surface area contributed by atoms with Gasteiger partial charge in [0.25, 0.3) is 0 Å². The molecule has 5 nitrogen and oxygen atoms in total. The van der Waals surface area contributed by atoms with Gasteiger partial charge in [0.2, 0.25) is 0 Å². The third-order valence-corrected chi connectivity index (χ3v) is 4.68. The minimum Gasteiger partial charge on any atom is -0.467 e. The topological polar surface area (TPSA) is 67.5 Å². The van der Waals surface area contributed by atoms with Crippen molar-refractivity contribution in [1.29, 1.82) is 0 Å². The highest BCUT2D eigenvalue weighted by Crippen LogP contribution is 2.26. The van der Waals surface area contributed by atoms with E-state index in [9.17, 15) is 5.11 Å². The lowest BCUT2D eigenvalue weighted by Crippen LogP contribution is -2.24. The number of nitrogens with zero attached hydrogens (tertiary/aromatic N) is 1. The molecule has 0 aliphatic heterocycles. The second kappa shape index (κ2) is 7.70. The van der Waals surface area contributed by atoms with E-state index in [-0.39, 0.29) is 6.04 Å². The molecule has 2 aromatic rings. The molecule has 0 aliphatic rings. The van der Waals surface area contributed by atoms with Gasteiger partial charge in [-0.25, -0.2) is 4.98 Å². The van der Waals surface area contributed by atoms with E-state index in [1.807, 2.05) is 6.92 Å². The van der Waals surface area contributed by atoms with E-state index < -0.39 is 6.10 Å². The third-order valence-electron chi connectivity index (χ3n) is 3.28. The number of ether oxygens (including phenoxy) is 1. The summed E-state index contributed by atoms with van der Waals surface area (Å²) in [6, 6.07) is 3.69. The molecule has 0 aromatic carbocycles. The zero-order chi connectivity index (χ0) is 15.2. The van der Waals surface area contributed by atoms with Crippen LogP contribution in [0.5, 0.6) is 0 Å². The lowest BCUT2D eigenvalue weighted by molar-refractivity contribution is 0.144. The highest BCUT2D eigenvalue weighted by atomic mass is 32.1. The number of nitrogens with one attached hydrogen (secondary N) is 1. The summed E-state index contributed by atoms with van der Waals surface area (Å²) in [7, 11) is 1.70. The number of aliphatic hydroxyl groups excluding tert-OH is 1. The first-order valence-electron chi connectivity index (χ1n) is 7.01. The molecule has 0 saturated carbocycles. The Morgan fingerprint density at radius 1 is 1.52 bits per heavy atom. The van der Waals surface area contributed by atoms with E-state index >= 15 is 0 Å². The second-order valence-electron chi connectivity index (χ2n) is 4.96. The van der Waals surface area contributed by atoms with Gasteiger partial charge in [0.15, 0.2) is 0 Å². The first-order chi connectivity index (χ1) is 10.1. The predicted octanol–water partition coefficient (Wildman–Crippen LogP) is 2.62. The van der Waals surface area contributed by atoms with Crippen molar-refractivity contribution in [1.82, 2.24) is 10.3 Å². The molecule has 0 bridgehead atoms. The Morgan fingerprint density at radius 2 is 2.33 bits per heavy atom. The van der Waals surface area contributed by atoms with Crippen molar-refractivity contribution in [2.45, 2.75) is 32.4 Å². The lowest BCUT2D eigenvalue weighted by Gasteiger charge is -2.15. The molecule has 0 aliphatic carbocycles. The first-order valence-corrected chi connectivity index (χ1v) is 7.83. The molecule has 6 heteroatoms. The Labute approximate surface area is 129 Å². The minimum absolute atomic E-state index is 0.142. The smallest absolute Gasteiger partial charge is 0.133 e. The molecule has 2 N–H and O–H groups in total. The van der Waals surface area contributed by atoms with Gasteiger partial charge in [0.05, 0.1) is 23.6 Å². The van der Waals surface area contributed by atoms with E-state index in [1.54, 1.807) is 36.8 Å². The van der Waals surface area contributed by atoms with E-state index in [2.05, 4.69) is 17.2 Å². The van der Waals surface area contributed by atoms with Crippen LogP contribution >= 0.6 is 11.3 Å². The van der Waals surface area contributed by atoms with E-state index in [1.165, 1.54) is 4.88 Å². The fourth-order valence-corrected chi connectivity index (χ4v) is 3.20. The number of furan rings is 1. The maximum absolute atomic E-state index is 10.0. The quantitative estimate of drug-likeness (QED) is 0.784. The van der Waals surface area contributed by atoms with Gasteiger partial charge in [0.1, 0.15) is 11.9 Å². The van der Waals surface area contributed by atoms with Crippen LogP contribution < -0.4 is 5.32 Å². The maximum Gasteiger partial charge on any atom is 0.133 e. The summed E-state index contributed by atoms with van der Waals surface area (Å²) in [5.74, 6) is 0.580. The number of methoxy groups -OCH3 is 1. The van der Waals surface area contributed by atoms with Gasteiger partial charge in [-0.15, -0.1) is 11.3 Å². The number of aromatic nitrogens is 1. The minimum atomic E-state index is -0.636. The Bertz CT molecular complexity index is 539. The molecule has 0 fully saturated rings. The van der Waals surface area contributed by atoms with Gasteiger partial charge in [-0.2, -0.15) is 0 Å². The van der Waals surface area contributed by atoms with E-state index in [0.717, 1.165) is 17.1 Å². The van der Waals surface area contributed by atoms with Gasteiger partial charge >= 0.3 is 0 Å². The van der Waals surface area contributed by atoms with Crippen LogP contribution in [-0.2, 0) is 11.2 Å².